The summed E-state index contributed by atoms with van der Waals surface area (Å²) in [4.78, 5) is 3.86. The van der Waals surface area contributed by atoms with Gasteiger partial charge in [0.2, 0.25) is 0 Å². The quantitative estimate of drug-likeness (QED) is 0.741. The lowest BCUT2D eigenvalue weighted by atomic mass is 10.3. The van der Waals surface area contributed by atoms with Crippen LogP contribution in [0, 0.1) is 0 Å². The first-order valence-electron chi connectivity index (χ1n) is 3.47. The molecule has 0 radical (unpaired) electrons. The van der Waals surface area contributed by atoms with Gasteiger partial charge in [0.15, 0.2) is 0 Å². The molecular formula is C8H6BrN3. The van der Waals surface area contributed by atoms with Gasteiger partial charge in [-0.2, -0.15) is 5.10 Å². The van der Waals surface area contributed by atoms with E-state index in [-0.39, 0.29) is 0 Å². The number of aromatic nitrogens is 3. The van der Waals surface area contributed by atoms with Crippen LogP contribution in [0.25, 0.3) is 5.69 Å². The van der Waals surface area contributed by atoms with Crippen molar-refractivity contribution in [2.45, 2.75) is 0 Å². The van der Waals surface area contributed by atoms with Gasteiger partial charge >= 0.3 is 0 Å². The largest absolute Gasteiger partial charge is 0.223 e. The zero-order chi connectivity index (χ0) is 8.39. The molecule has 0 spiro atoms. The van der Waals surface area contributed by atoms with Crippen LogP contribution in [0.3, 0.4) is 0 Å². The van der Waals surface area contributed by atoms with E-state index in [4.69, 9.17) is 0 Å². The standard InChI is InChI=1S/C8H6BrN3/c9-7-1-3-8(4-2-7)12-6-10-5-11-12/h1-6H. The average Bonchev–Trinajstić information content (AvgIpc) is 2.58. The van der Waals surface area contributed by atoms with E-state index in [0.717, 1.165) is 10.2 Å². The maximum atomic E-state index is 4.01. The molecule has 0 N–H and O–H groups in total. The van der Waals surface area contributed by atoms with Gasteiger partial charge < -0.3 is 0 Å². The number of nitrogens with zero attached hydrogens (tertiary/aromatic N) is 3. The highest BCUT2D eigenvalue weighted by Gasteiger charge is 1.94. The normalized spacial score (nSPS) is 10.1. The van der Waals surface area contributed by atoms with Gasteiger partial charge in [-0.25, -0.2) is 9.67 Å². The second-order valence-electron chi connectivity index (χ2n) is 2.32. The molecule has 0 fully saturated rings. The molecule has 0 aliphatic rings. The molecule has 1 heterocycles. The number of halogens is 1. The molecule has 1 aromatic carbocycles. The first-order valence-corrected chi connectivity index (χ1v) is 4.26. The average molecular weight is 224 g/mol. The zero-order valence-corrected chi connectivity index (χ0v) is 7.77. The van der Waals surface area contributed by atoms with Crippen molar-refractivity contribution in [3.63, 3.8) is 0 Å². The van der Waals surface area contributed by atoms with Crippen LogP contribution < -0.4 is 0 Å². The third-order valence-electron chi connectivity index (χ3n) is 1.51. The number of hydrogen-bond donors (Lipinski definition) is 0. The Kier molecular flexibility index (Phi) is 1.91. The van der Waals surface area contributed by atoms with E-state index >= 15 is 0 Å². The number of rotatable bonds is 1. The van der Waals surface area contributed by atoms with Crippen molar-refractivity contribution in [1.29, 1.82) is 0 Å². The maximum Gasteiger partial charge on any atom is 0.138 e. The van der Waals surface area contributed by atoms with Crippen LogP contribution in [0.5, 0.6) is 0 Å². The van der Waals surface area contributed by atoms with Crippen LogP contribution >= 0.6 is 15.9 Å². The predicted octanol–water partition coefficient (Wildman–Crippen LogP) is 2.03. The Morgan fingerprint density at radius 3 is 2.50 bits per heavy atom. The topological polar surface area (TPSA) is 30.7 Å². The molecule has 0 unspecified atom stereocenters. The summed E-state index contributed by atoms with van der Waals surface area (Å²) >= 11 is 3.36. The fraction of sp³-hybridized carbons (Fsp3) is 0. The van der Waals surface area contributed by atoms with E-state index in [0.29, 0.717) is 0 Å². The number of benzene rings is 1. The molecule has 4 heteroatoms. The first-order chi connectivity index (χ1) is 5.86. The molecular weight excluding hydrogens is 218 g/mol. The van der Waals surface area contributed by atoms with E-state index in [9.17, 15) is 0 Å². The predicted molar refractivity (Wildman–Crippen MR) is 49.1 cm³/mol. The van der Waals surface area contributed by atoms with E-state index in [2.05, 4.69) is 26.0 Å². The maximum absolute atomic E-state index is 4.01. The Balaban J connectivity index is 2.43. The Morgan fingerprint density at radius 1 is 1.17 bits per heavy atom. The van der Waals surface area contributed by atoms with Gasteiger partial charge in [0, 0.05) is 4.47 Å². The minimum Gasteiger partial charge on any atom is -0.223 e. The summed E-state index contributed by atoms with van der Waals surface area (Å²) < 4.78 is 2.78. The fourth-order valence-electron chi connectivity index (χ4n) is 0.935. The third-order valence-corrected chi connectivity index (χ3v) is 2.04. The molecule has 0 aliphatic carbocycles. The van der Waals surface area contributed by atoms with Crippen LogP contribution in [0.15, 0.2) is 41.4 Å². The lowest BCUT2D eigenvalue weighted by Crippen LogP contribution is -1.92. The molecule has 0 atom stereocenters. The molecule has 12 heavy (non-hydrogen) atoms. The van der Waals surface area contributed by atoms with Gasteiger partial charge in [0.05, 0.1) is 5.69 Å². The van der Waals surface area contributed by atoms with Crippen molar-refractivity contribution >= 4 is 15.9 Å². The minimum absolute atomic E-state index is 1.01. The molecule has 0 saturated heterocycles. The Hall–Kier alpha value is -1.16. The Bertz CT molecular complexity index is 352. The summed E-state index contributed by atoms with van der Waals surface area (Å²) in [6.45, 7) is 0. The molecule has 60 valence electrons. The number of hydrogen-bond acceptors (Lipinski definition) is 2. The Labute approximate surface area is 78.2 Å². The van der Waals surface area contributed by atoms with E-state index in [1.54, 1.807) is 11.0 Å². The smallest absolute Gasteiger partial charge is 0.138 e. The van der Waals surface area contributed by atoms with Crippen molar-refractivity contribution in [2.24, 2.45) is 0 Å². The van der Waals surface area contributed by atoms with Crippen LogP contribution in [0.1, 0.15) is 0 Å². The van der Waals surface area contributed by atoms with Crippen LogP contribution in [-0.2, 0) is 0 Å². The molecule has 2 aromatic rings. The lowest BCUT2D eigenvalue weighted by molar-refractivity contribution is 0.879. The monoisotopic (exact) mass is 223 g/mol. The highest BCUT2D eigenvalue weighted by Crippen LogP contribution is 2.12. The van der Waals surface area contributed by atoms with E-state index in [1.807, 2.05) is 24.3 Å². The second kappa shape index (κ2) is 3.06. The van der Waals surface area contributed by atoms with Crippen molar-refractivity contribution in [1.82, 2.24) is 14.8 Å². The van der Waals surface area contributed by atoms with Gasteiger partial charge in [-0.15, -0.1) is 0 Å². The molecule has 0 bridgehead atoms. The third kappa shape index (κ3) is 1.38. The fourth-order valence-corrected chi connectivity index (χ4v) is 1.20. The second-order valence-corrected chi connectivity index (χ2v) is 3.23. The van der Waals surface area contributed by atoms with Gasteiger partial charge in [-0.05, 0) is 24.3 Å². The summed E-state index contributed by atoms with van der Waals surface area (Å²) in [5.41, 5.74) is 1.01. The minimum atomic E-state index is 1.01. The van der Waals surface area contributed by atoms with Crippen LogP contribution in [0.4, 0.5) is 0 Å². The SMILES string of the molecule is Brc1ccc(-n2cncn2)cc1. The van der Waals surface area contributed by atoms with Crippen LogP contribution in [0.2, 0.25) is 0 Å². The van der Waals surface area contributed by atoms with Crippen molar-refractivity contribution in [3.8, 4) is 5.69 Å². The van der Waals surface area contributed by atoms with Crippen molar-refractivity contribution < 1.29 is 0 Å². The molecule has 0 aliphatic heterocycles. The molecule has 0 amide bonds. The lowest BCUT2D eigenvalue weighted by Gasteiger charge is -1.98. The summed E-state index contributed by atoms with van der Waals surface area (Å²) in [6.07, 6.45) is 3.19. The van der Waals surface area contributed by atoms with Crippen molar-refractivity contribution in [2.75, 3.05) is 0 Å². The summed E-state index contributed by atoms with van der Waals surface area (Å²) in [5.74, 6) is 0. The molecule has 0 saturated carbocycles. The molecule has 1 aromatic heterocycles. The summed E-state index contributed by atoms with van der Waals surface area (Å²) in [6, 6.07) is 7.88. The molecule has 3 nitrogen and oxygen atoms in total. The van der Waals surface area contributed by atoms with Gasteiger partial charge in [-0.3, -0.25) is 0 Å². The van der Waals surface area contributed by atoms with Gasteiger partial charge in [-0.1, -0.05) is 15.9 Å². The highest BCUT2D eigenvalue weighted by atomic mass is 79.9. The van der Waals surface area contributed by atoms with Gasteiger partial charge in [0.1, 0.15) is 12.7 Å². The first kappa shape index (κ1) is 7.49. The highest BCUT2D eigenvalue weighted by molar-refractivity contribution is 9.10. The van der Waals surface area contributed by atoms with Crippen molar-refractivity contribution in [3.05, 3.63) is 41.4 Å². The molecule has 2 rings (SSSR count). The van der Waals surface area contributed by atoms with Gasteiger partial charge in [0.25, 0.3) is 0 Å². The zero-order valence-electron chi connectivity index (χ0n) is 6.18. The summed E-state index contributed by atoms with van der Waals surface area (Å²) in [5, 5.41) is 4.01. The summed E-state index contributed by atoms with van der Waals surface area (Å²) in [7, 11) is 0. The van der Waals surface area contributed by atoms with E-state index < -0.39 is 0 Å². The van der Waals surface area contributed by atoms with E-state index in [1.165, 1.54) is 6.33 Å². The Morgan fingerprint density at radius 2 is 1.92 bits per heavy atom. The van der Waals surface area contributed by atoms with Crippen LogP contribution in [-0.4, -0.2) is 14.8 Å².